The molecule has 0 unspecified atom stereocenters. The third-order valence-electron chi connectivity index (χ3n) is 3.98. The average molecular weight is 248 g/mol. The molecule has 0 aromatic carbocycles. The molecule has 1 fully saturated rings. The van der Waals surface area contributed by atoms with Crippen molar-refractivity contribution in [2.24, 2.45) is 11.1 Å². The Labute approximate surface area is 107 Å². The molecule has 0 radical (unpaired) electrons. The van der Waals surface area contributed by atoms with E-state index < -0.39 is 5.91 Å². The molecule has 18 heavy (non-hydrogen) atoms. The number of hydrogen-bond donors (Lipinski definition) is 2. The molecule has 0 atom stereocenters. The van der Waals surface area contributed by atoms with Crippen LogP contribution in [0.2, 0.25) is 0 Å². The summed E-state index contributed by atoms with van der Waals surface area (Å²) in [6, 6.07) is 3.36. The van der Waals surface area contributed by atoms with E-state index in [4.69, 9.17) is 5.73 Å². The van der Waals surface area contributed by atoms with Gasteiger partial charge in [-0.1, -0.05) is 19.8 Å². The van der Waals surface area contributed by atoms with E-state index in [2.05, 4.69) is 22.4 Å². The van der Waals surface area contributed by atoms with Gasteiger partial charge in [-0.25, -0.2) is 0 Å². The smallest absolute Gasteiger partial charge is 0.269 e. The molecule has 0 aliphatic heterocycles. The van der Waals surface area contributed by atoms with Crippen molar-refractivity contribution in [3.05, 3.63) is 17.8 Å². The lowest BCUT2D eigenvalue weighted by Gasteiger charge is -2.27. The lowest BCUT2D eigenvalue weighted by atomic mass is 9.83. The molecule has 1 aromatic rings. The van der Waals surface area contributed by atoms with E-state index in [0.717, 1.165) is 6.54 Å². The number of hydrogen-bond acceptors (Lipinski definition) is 4. The maximum Gasteiger partial charge on any atom is 0.269 e. The molecule has 0 spiro atoms. The number of carbonyl (C=O) groups is 1. The standard InChI is InChI=1S/C13H20N4O/c1-2-13(7-3-4-8-13)9-15-11-6-5-10(12(14)18)16-17-11/h5-6H,2-4,7-9H2,1H3,(H2,14,18)(H,15,17). The van der Waals surface area contributed by atoms with Gasteiger partial charge in [-0.05, 0) is 36.8 Å². The van der Waals surface area contributed by atoms with Crippen LogP contribution in [0.1, 0.15) is 49.5 Å². The quantitative estimate of drug-likeness (QED) is 0.834. The summed E-state index contributed by atoms with van der Waals surface area (Å²) in [5.74, 6) is 0.162. The van der Waals surface area contributed by atoms with Gasteiger partial charge < -0.3 is 11.1 Å². The van der Waals surface area contributed by atoms with Crippen LogP contribution in [0.3, 0.4) is 0 Å². The van der Waals surface area contributed by atoms with Crippen molar-refractivity contribution in [3.63, 3.8) is 0 Å². The minimum atomic E-state index is -0.546. The maximum atomic E-state index is 10.9. The van der Waals surface area contributed by atoms with Crippen LogP contribution in [0.15, 0.2) is 12.1 Å². The lowest BCUT2D eigenvalue weighted by Crippen LogP contribution is -2.26. The van der Waals surface area contributed by atoms with Crippen molar-refractivity contribution in [2.45, 2.75) is 39.0 Å². The van der Waals surface area contributed by atoms with Crippen LogP contribution in [0.25, 0.3) is 0 Å². The van der Waals surface area contributed by atoms with Crippen LogP contribution in [0.5, 0.6) is 0 Å². The monoisotopic (exact) mass is 248 g/mol. The fourth-order valence-corrected chi connectivity index (χ4v) is 2.62. The molecule has 5 heteroatoms. The van der Waals surface area contributed by atoms with Crippen molar-refractivity contribution >= 4 is 11.7 Å². The number of rotatable bonds is 5. The van der Waals surface area contributed by atoms with Gasteiger partial charge in [-0.2, -0.15) is 0 Å². The van der Waals surface area contributed by atoms with Gasteiger partial charge in [0.15, 0.2) is 5.69 Å². The van der Waals surface area contributed by atoms with Crippen molar-refractivity contribution in [1.29, 1.82) is 0 Å². The largest absolute Gasteiger partial charge is 0.368 e. The first-order chi connectivity index (χ1) is 8.65. The molecular formula is C13H20N4O. The van der Waals surface area contributed by atoms with E-state index in [0.29, 0.717) is 11.2 Å². The van der Waals surface area contributed by atoms with Crippen LogP contribution in [0.4, 0.5) is 5.82 Å². The fourth-order valence-electron chi connectivity index (χ4n) is 2.62. The van der Waals surface area contributed by atoms with Gasteiger partial charge in [0, 0.05) is 6.54 Å². The molecule has 1 aromatic heterocycles. The summed E-state index contributed by atoms with van der Waals surface area (Å²) in [6.45, 7) is 3.17. The van der Waals surface area contributed by atoms with Gasteiger partial charge in [0.25, 0.3) is 5.91 Å². The number of primary amides is 1. The van der Waals surface area contributed by atoms with Crippen LogP contribution in [-0.2, 0) is 0 Å². The Kier molecular flexibility index (Phi) is 3.79. The first kappa shape index (κ1) is 12.8. The molecule has 1 heterocycles. The van der Waals surface area contributed by atoms with Gasteiger partial charge in [-0.3, -0.25) is 4.79 Å². The maximum absolute atomic E-state index is 10.9. The van der Waals surface area contributed by atoms with Crippen molar-refractivity contribution in [3.8, 4) is 0 Å². The highest BCUT2D eigenvalue weighted by Crippen LogP contribution is 2.40. The summed E-state index contributed by atoms with van der Waals surface area (Å²) in [7, 11) is 0. The number of amides is 1. The van der Waals surface area contributed by atoms with Crippen LogP contribution >= 0.6 is 0 Å². The lowest BCUT2D eigenvalue weighted by molar-refractivity contribution is 0.0994. The zero-order valence-electron chi connectivity index (χ0n) is 10.8. The summed E-state index contributed by atoms with van der Waals surface area (Å²) in [6.07, 6.45) is 6.39. The highest BCUT2D eigenvalue weighted by Gasteiger charge is 2.31. The van der Waals surface area contributed by atoms with Crippen LogP contribution in [-0.4, -0.2) is 22.6 Å². The third-order valence-corrected chi connectivity index (χ3v) is 3.98. The summed E-state index contributed by atoms with van der Waals surface area (Å²) < 4.78 is 0. The van der Waals surface area contributed by atoms with E-state index in [1.165, 1.54) is 32.1 Å². The molecule has 5 nitrogen and oxygen atoms in total. The van der Waals surface area contributed by atoms with Crippen molar-refractivity contribution < 1.29 is 4.79 Å². The predicted octanol–water partition coefficient (Wildman–Crippen LogP) is 1.96. The molecule has 1 amide bonds. The first-order valence-electron chi connectivity index (χ1n) is 6.53. The van der Waals surface area contributed by atoms with Gasteiger partial charge in [0.1, 0.15) is 5.82 Å². The topological polar surface area (TPSA) is 80.9 Å². The number of carbonyl (C=O) groups excluding carboxylic acids is 1. The highest BCUT2D eigenvalue weighted by atomic mass is 16.1. The minimum Gasteiger partial charge on any atom is -0.368 e. The molecule has 0 bridgehead atoms. The Morgan fingerprint density at radius 1 is 1.39 bits per heavy atom. The van der Waals surface area contributed by atoms with E-state index >= 15 is 0 Å². The molecule has 1 aliphatic carbocycles. The number of nitrogens with zero attached hydrogens (tertiary/aromatic N) is 2. The van der Waals surface area contributed by atoms with E-state index in [1.54, 1.807) is 12.1 Å². The van der Waals surface area contributed by atoms with Gasteiger partial charge in [-0.15, -0.1) is 10.2 Å². The van der Waals surface area contributed by atoms with Crippen molar-refractivity contribution in [1.82, 2.24) is 10.2 Å². The summed E-state index contributed by atoms with van der Waals surface area (Å²) >= 11 is 0. The number of aromatic nitrogens is 2. The predicted molar refractivity (Wildman–Crippen MR) is 70.2 cm³/mol. The molecule has 1 saturated carbocycles. The molecule has 1 aliphatic rings. The zero-order chi connectivity index (χ0) is 13.0. The normalized spacial score (nSPS) is 17.6. The Morgan fingerprint density at radius 3 is 2.61 bits per heavy atom. The Morgan fingerprint density at radius 2 is 2.11 bits per heavy atom. The second-order valence-corrected chi connectivity index (χ2v) is 5.08. The second kappa shape index (κ2) is 5.33. The Bertz CT molecular complexity index is 410. The van der Waals surface area contributed by atoms with Crippen LogP contribution in [0, 0.1) is 5.41 Å². The average Bonchev–Trinajstić information content (AvgIpc) is 2.86. The number of nitrogens with one attached hydrogen (secondary N) is 1. The minimum absolute atomic E-state index is 0.201. The Balaban J connectivity index is 1.95. The van der Waals surface area contributed by atoms with Gasteiger partial charge in [0.2, 0.25) is 0 Å². The fraction of sp³-hybridized carbons (Fsp3) is 0.615. The van der Waals surface area contributed by atoms with Crippen molar-refractivity contribution in [2.75, 3.05) is 11.9 Å². The molecular weight excluding hydrogens is 228 g/mol. The van der Waals surface area contributed by atoms with Crippen LogP contribution < -0.4 is 11.1 Å². The first-order valence-corrected chi connectivity index (χ1v) is 6.53. The summed E-state index contributed by atoms with van der Waals surface area (Å²) in [5, 5.41) is 11.1. The molecule has 3 N–H and O–H groups in total. The van der Waals surface area contributed by atoms with E-state index in [9.17, 15) is 4.79 Å². The second-order valence-electron chi connectivity index (χ2n) is 5.08. The number of nitrogens with two attached hydrogens (primary N) is 1. The van der Waals surface area contributed by atoms with E-state index in [-0.39, 0.29) is 5.69 Å². The zero-order valence-corrected chi connectivity index (χ0v) is 10.8. The third kappa shape index (κ3) is 2.78. The van der Waals surface area contributed by atoms with Gasteiger partial charge in [0.05, 0.1) is 0 Å². The highest BCUT2D eigenvalue weighted by molar-refractivity contribution is 5.90. The van der Waals surface area contributed by atoms with E-state index in [1.807, 2.05) is 0 Å². The molecule has 0 saturated heterocycles. The Hall–Kier alpha value is -1.65. The molecule has 98 valence electrons. The SMILES string of the molecule is CCC1(CNc2ccc(C(N)=O)nn2)CCCC1. The summed E-state index contributed by atoms with van der Waals surface area (Å²) in [5.41, 5.74) is 5.73. The van der Waals surface area contributed by atoms with Gasteiger partial charge >= 0.3 is 0 Å². The summed E-state index contributed by atoms with van der Waals surface area (Å²) in [4.78, 5) is 10.9. The number of anilines is 1. The molecule has 2 rings (SSSR count).